The summed E-state index contributed by atoms with van der Waals surface area (Å²) in [7, 11) is 1.81. The molecule has 1 fully saturated rings. The Bertz CT molecular complexity index is 841. The Morgan fingerprint density at radius 2 is 2.07 bits per heavy atom. The van der Waals surface area contributed by atoms with Gasteiger partial charge in [-0.05, 0) is 34.3 Å². The first-order valence-electron chi connectivity index (χ1n) is 8.90. The summed E-state index contributed by atoms with van der Waals surface area (Å²) in [5.74, 6) is -0.502. The molecule has 1 aliphatic heterocycles. The Balaban J connectivity index is 1.76. The van der Waals surface area contributed by atoms with Gasteiger partial charge in [-0.25, -0.2) is 14.6 Å². The molecule has 1 aromatic carbocycles. The van der Waals surface area contributed by atoms with Gasteiger partial charge in [-0.1, -0.05) is 30.3 Å². The van der Waals surface area contributed by atoms with Crippen molar-refractivity contribution >= 4 is 28.0 Å². The van der Waals surface area contributed by atoms with Crippen molar-refractivity contribution in [1.82, 2.24) is 14.5 Å². The summed E-state index contributed by atoms with van der Waals surface area (Å²) < 4.78 is 13.6. The van der Waals surface area contributed by atoms with Crippen LogP contribution in [0.3, 0.4) is 0 Å². The second kappa shape index (κ2) is 8.74. The molecular formula is C19H22BrN3O5. The Hall–Kier alpha value is -2.39. The van der Waals surface area contributed by atoms with Crippen LogP contribution in [0.25, 0.3) is 0 Å². The number of likely N-dealkylation sites (tertiary alicyclic amines) is 1. The number of rotatable bonds is 6. The fourth-order valence-corrected chi connectivity index (χ4v) is 3.88. The predicted molar refractivity (Wildman–Crippen MR) is 104 cm³/mol. The van der Waals surface area contributed by atoms with Crippen molar-refractivity contribution in [2.24, 2.45) is 7.05 Å². The number of aliphatic carboxylic acids is 1. The molecule has 8 nitrogen and oxygen atoms in total. The Kier molecular flexibility index (Phi) is 6.35. The van der Waals surface area contributed by atoms with Gasteiger partial charge in [0.05, 0.1) is 6.54 Å². The maximum absolute atomic E-state index is 12.6. The SMILES string of the molecule is Cn1cc(Br)nc1C1(OCC(=O)O)CCCN(C(=O)OCc2ccccc2)C1. The van der Waals surface area contributed by atoms with E-state index >= 15 is 0 Å². The molecule has 2 heterocycles. The molecule has 9 heteroatoms. The zero-order valence-corrected chi connectivity index (χ0v) is 17.1. The van der Waals surface area contributed by atoms with Gasteiger partial charge < -0.3 is 24.0 Å². The third-order valence-corrected chi connectivity index (χ3v) is 5.03. The smallest absolute Gasteiger partial charge is 0.410 e. The fraction of sp³-hybridized carbons (Fsp3) is 0.421. The lowest BCUT2D eigenvalue weighted by atomic mass is 9.91. The Morgan fingerprint density at radius 1 is 1.32 bits per heavy atom. The zero-order chi connectivity index (χ0) is 20.1. The molecule has 0 spiro atoms. The second-order valence-electron chi connectivity index (χ2n) is 6.74. The third-order valence-electron chi connectivity index (χ3n) is 4.64. The molecule has 1 saturated heterocycles. The van der Waals surface area contributed by atoms with Crippen molar-refractivity contribution in [2.75, 3.05) is 19.7 Å². The van der Waals surface area contributed by atoms with E-state index in [0.29, 0.717) is 29.8 Å². The number of piperidine rings is 1. The highest BCUT2D eigenvalue weighted by Crippen LogP contribution is 2.35. The second-order valence-corrected chi connectivity index (χ2v) is 7.55. The zero-order valence-electron chi connectivity index (χ0n) is 15.5. The van der Waals surface area contributed by atoms with Crippen molar-refractivity contribution in [3.8, 4) is 0 Å². The number of aryl methyl sites for hydroxylation is 1. The van der Waals surface area contributed by atoms with E-state index in [0.717, 1.165) is 5.56 Å². The number of carboxylic acids is 1. The minimum absolute atomic E-state index is 0.172. The first-order valence-corrected chi connectivity index (χ1v) is 9.70. The molecule has 0 saturated carbocycles. The van der Waals surface area contributed by atoms with Gasteiger partial charge >= 0.3 is 12.1 Å². The average molecular weight is 452 g/mol. The van der Waals surface area contributed by atoms with E-state index in [2.05, 4.69) is 20.9 Å². The number of hydrogen-bond acceptors (Lipinski definition) is 5. The number of benzene rings is 1. The molecule has 1 aliphatic rings. The number of aromatic nitrogens is 2. The van der Waals surface area contributed by atoms with Crippen molar-refractivity contribution in [3.05, 3.63) is 52.5 Å². The number of imidazole rings is 1. The molecule has 28 heavy (non-hydrogen) atoms. The summed E-state index contributed by atoms with van der Waals surface area (Å²) in [6.45, 7) is 0.382. The summed E-state index contributed by atoms with van der Waals surface area (Å²) in [6, 6.07) is 9.43. The van der Waals surface area contributed by atoms with Crippen LogP contribution in [0.4, 0.5) is 4.79 Å². The molecule has 1 unspecified atom stereocenters. The normalized spacial score (nSPS) is 19.4. The van der Waals surface area contributed by atoms with Gasteiger partial charge in [0.15, 0.2) is 0 Å². The largest absolute Gasteiger partial charge is 0.480 e. The van der Waals surface area contributed by atoms with Crippen molar-refractivity contribution in [1.29, 1.82) is 0 Å². The van der Waals surface area contributed by atoms with E-state index in [1.165, 1.54) is 0 Å². The van der Waals surface area contributed by atoms with Gasteiger partial charge in [0.25, 0.3) is 0 Å². The number of amides is 1. The molecule has 1 N–H and O–H groups in total. The van der Waals surface area contributed by atoms with Crippen LogP contribution >= 0.6 is 15.9 Å². The number of hydrogen-bond donors (Lipinski definition) is 1. The fourth-order valence-electron chi connectivity index (χ4n) is 3.41. The van der Waals surface area contributed by atoms with Crippen molar-refractivity contribution in [2.45, 2.75) is 25.0 Å². The van der Waals surface area contributed by atoms with Crippen LogP contribution in [0.5, 0.6) is 0 Å². The molecule has 0 radical (unpaired) electrons. The van der Waals surface area contributed by atoms with Crippen LogP contribution in [-0.2, 0) is 33.5 Å². The molecule has 150 valence electrons. The molecule has 2 aromatic rings. The molecule has 3 rings (SSSR count). The number of carbonyl (C=O) groups is 2. The summed E-state index contributed by atoms with van der Waals surface area (Å²) in [6.07, 6.45) is 2.51. The number of carboxylic acid groups (broad SMARTS) is 1. The van der Waals surface area contributed by atoms with E-state index in [1.807, 2.05) is 37.4 Å². The highest BCUT2D eigenvalue weighted by atomic mass is 79.9. The number of nitrogens with zero attached hydrogens (tertiary/aromatic N) is 3. The van der Waals surface area contributed by atoms with Crippen LogP contribution in [0.15, 0.2) is 41.1 Å². The quantitative estimate of drug-likeness (QED) is 0.725. The Labute approximate surface area is 171 Å². The lowest BCUT2D eigenvalue weighted by Crippen LogP contribution is -2.51. The van der Waals surface area contributed by atoms with Gasteiger partial charge in [0.2, 0.25) is 0 Å². The maximum atomic E-state index is 12.6. The van der Waals surface area contributed by atoms with Gasteiger partial charge in [-0.2, -0.15) is 0 Å². The minimum Gasteiger partial charge on any atom is -0.480 e. The molecular weight excluding hydrogens is 430 g/mol. The van der Waals surface area contributed by atoms with E-state index in [9.17, 15) is 9.59 Å². The molecule has 1 amide bonds. The van der Waals surface area contributed by atoms with Gasteiger partial charge in [0.1, 0.15) is 29.2 Å². The highest BCUT2D eigenvalue weighted by Gasteiger charge is 2.44. The lowest BCUT2D eigenvalue weighted by Gasteiger charge is -2.41. The third kappa shape index (κ3) is 4.71. The van der Waals surface area contributed by atoms with E-state index in [-0.39, 0.29) is 13.2 Å². The number of ether oxygens (including phenoxy) is 2. The van der Waals surface area contributed by atoms with E-state index < -0.39 is 24.3 Å². The highest BCUT2D eigenvalue weighted by molar-refractivity contribution is 9.10. The van der Waals surface area contributed by atoms with Crippen LogP contribution in [-0.4, -0.2) is 51.3 Å². The molecule has 0 bridgehead atoms. The standard InChI is InChI=1S/C19H22BrN3O5/c1-22-10-15(20)21-17(22)19(28-12-16(24)25)8-5-9-23(13-19)18(26)27-11-14-6-3-2-4-7-14/h2-4,6-7,10H,5,8-9,11-13H2,1H3,(H,24,25). The first kappa shape index (κ1) is 20.3. The van der Waals surface area contributed by atoms with Gasteiger partial charge in [-0.15, -0.1) is 0 Å². The van der Waals surface area contributed by atoms with Crippen LogP contribution < -0.4 is 0 Å². The maximum Gasteiger partial charge on any atom is 0.410 e. The summed E-state index contributed by atoms with van der Waals surface area (Å²) in [4.78, 5) is 29.7. The van der Waals surface area contributed by atoms with Crippen LogP contribution in [0, 0.1) is 0 Å². The molecule has 0 aliphatic carbocycles. The van der Waals surface area contributed by atoms with Gasteiger partial charge in [-0.3, -0.25) is 0 Å². The predicted octanol–water partition coefficient (Wildman–Crippen LogP) is 2.91. The molecule has 1 aromatic heterocycles. The van der Waals surface area contributed by atoms with Crippen molar-refractivity contribution < 1.29 is 24.2 Å². The van der Waals surface area contributed by atoms with Crippen molar-refractivity contribution in [3.63, 3.8) is 0 Å². The monoisotopic (exact) mass is 451 g/mol. The topological polar surface area (TPSA) is 93.9 Å². The van der Waals surface area contributed by atoms with Gasteiger partial charge in [0, 0.05) is 19.8 Å². The minimum atomic E-state index is -1.07. The van der Waals surface area contributed by atoms with E-state index in [4.69, 9.17) is 14.6 Å². The van der Waals surface area contributed by atoms with E-state index in [1.54, 1.807) is 15.7 Å². The molecule has 1 atom stereocenters. The summed E-state index contributed by atoms with van der Waals surface area (Å²) >= 11 is 3.34. The summed E-state index contributed by atoms with van der Waals surface area (Å²) in [5, 5.41) is 9.10. The Morgan fingerprint density at radius 3 is 2.71 bits per heavy atom. The van der Waals surface area contributed by atoms with Crippen LogP contribution in [0.2, 0.25) is 0 Å². The number of halogens is 1. The van der Waals surface area contributed by atoms with Crippen LogP contribution in [0.1, 0.15) is 24.2 Å². The lowest BCUT2D eigenvalue weighted by molar-refractivity contribution is -0.156. The number of carbonyl (C=O) groups excluding carboxylic acids is 1. The summed E-state index contributed by atoms with van der Waals surface area (Å²) in [5.41, 5.74) is -0.113. The first-order chi connectivity index (χ1) is 13.4. The average Bonchev–Trinajstić information content (AvgIpc) is 3.04.